The average Bonchev–Trinajstić information content (AvgIpc) is 3.22. The van der Waals surface area contributed by atoms with Crippen LogP contribution in [0.2, 0.25) is 0 Å². The Morgan fingerprint density at radius 3 is 2.78 bits per heavy atom. The number of allylic oxidation sites excluding steroid dienone is 1. The van der Waals surface area contributed by atoms with Crippen LogP contribution in [0.5, 0.6) is 0 Å². The molecular weight excluding hydrogens is 286 g/mol. The predicted octanol–water partition coefficient (Wildman–Crippen LogP) is 4.61. The van der Waals surface area contributed by atoms with E-state index in [2.05, 4.69) is 40.0 Å². The molecule has 1 N–H and O–H groups in total. The van der Waals surface area contributed by atoms with Crippen LogP contribution in [0.25, 0.3) is 33.7 Å². The number of furan rings is 1. The highest BCUT2D eigenvalue weighted by Gasteiger charge is 2.14. The molecule has 2 aromatic carbocycles. The van der Waals surface area contributed by atoms with Crippen molar-refractivity contribution >= 4 is 11.0 Å². The first kappa shape index (κ1) is 13.5. The average molecular weight is 301 g/mol. The number of H-pyrrole nitrogens is 1. The molecule has 4 aromatic rings. The molecule has 4 rings (SSSR count). The summed E-state index contributed by atoms with van der Waals surface area (Å²) in [6.45, 7) is 3.71. The van der Waals surface area contributed by atoms with Gasteiger partial charge in [0, 0.05) is 11.8 Å². The SMILES string of the molecule is C=CCc1nc(-c2cc3c(-c4ccccc4)cccc3o2)n[nH]1. The lowest BCUT2D eigenvalue weighted by atomic mass is 10.0. The summed E-state index contributed by atoms with van der Waals surface area (Å²) in [5.74, 6) is 2.01. The molecule has 0 aliphatic carbocycles. The molecule has 2 aromatic heterocycles. The van der Waals surface area contributed by atoms with E-state index in [-0.39, 0.29) is 0 Å². The standard InChI is InChI=1S/C19H15N3O/c1-2-7-18-20-19(22-21-18)17-12-15-14(10-6-11-16(15)23-17)13-8-4-3-5-9-13/h2-6,8-12H,1,7H2,(H,20,21,22). The van der Waals surface area contributed by atoms with E-state index in [0.29, 0.717) is 18.0 Å². The third-order valence-electron chi connectivity index (χ3n) is 3.74. The number of rotatable bonds is 4. The monoisotopic (exact) mass is 301 g/mol. The van der Waals surface area contributed by atoms with Crippen LogP contribution in [0.4, 0.5) is 0 Å². The van der Waals surface area contributed by atoms with E-state index in [1.807, 2.05) is 36.4 Å². The van der Waals surface area contributed by atoms with E-state index >= 15 is 0 Å². The molecular formula is C19H15N3O. The van der Waals surface area contributed by atoms with Crippen LogP contribution in [0.15, 0.2) is 71.7 Å². The normalized spacial score (nSPS) is 11.0. The smallest absolute Gasteiger partial charge is 0.216 e. The number of nitrogens with zero attached hydrogens (tertiary/aromatic N) is 2. The molecule has 0 saturated heterocycles. The van der Waals surface area contributed by atoms with Gasteiger partial charge >= 0.3 is 0 Å². The highest BCUT2D eigenvalue weighted by Crippen LogP contribution is 2.33. The van der Waals surface area contributed by atoms with Crippen LogP contribution < -0.4 is 0 Å². The first-order valence-corrected chi connectivity index (χ1v) is 7.45. The van der Waals surface area contributed by atoms with Crippen molar-refractivity contribution in [2.75, 3.05) is 0 Å². The number of aromatic nitrogens is 3. The molecule has 0 spiro atoms. The molecule has 0 aliphatic rings. The van der Waals surface area contributed by atoms with Gasteiger partial charge in [-0.2, -0.15) is 5.10 Å². The van der Waals surface area contributed by atoms with Crippen molar-refractivity contribution in [1.29, 1.82) is 0 Å². The zero-order valence-corrected chi connectivity index (χ0v) is 12.5. The minimum absolute atomic E-state index is 0.567. The van der Waals surface area contributed by atoms with Gasteiger partial charge in [0.1, 0.15) is 11.4 Å². The van der Waals surface area contributed by atoms with E-state index in [0.717, 1.165) is 27.9 Å². The van der Waals surface area contributed by atoms with E-state index in [1.165, 1.54) is 0 Å². The van der Waals surface area contributed by atoms with Gasteiger partial charge in [-0.1, -0.05) is 48.5 Å². The van der Waals surface area contributed by atoms with Crippen LogP contribution >= 0.6 is 0 Å². The quantitative estimate of drug-likeness (QED) is 0.560. The van der Waals surface area contributed by atoms with Crippen LogP contribution in [-0.2, 0) is 6.42 Å². The largest absolute Gasteiger partial charge is 0.453 e. The summed E-state index contributed by atoms with van der Waals surface area (Å²) in [6.07, 6.45) is 2.44. The first-order valence-electron chi connectivity index (χ1n) is 7.45. The van der Waals surface area contributed by atoms with Gasteiger partial charge in [0.2, 0.25) is 5.82 Å². The van der Waals surface area contributed by atoms with Crippen molar-refractivity contribution < 1.29 is 4.42 Å². The van der Waals surface area contributed by atoms with Crippen LogP contribution in [-0.4, -0.2) is 15.2 Å². The van der Waals surface area contributed by atoms with Crippen molar-refractivity contribution in [2.45, 2.75) is 6.42 Å². The van der Waals surface area contributed by atoms with Gasteiger partial charge in [0.15, 0.2) is 5.76 Å². The Bertz CT molecular complexity index is 967. The van der Waals surface area contributed by atoms with Crippen LogP contribution in [0.1, 0.15) is 5.82 Å². The molecule has 4 heteroatoms. The molecule has 4 nitrogen and oxygen atoms in total. The second-order valence-corrected chi connectivity index (χ2v) is 5.29. The number of hydrogen-bond donors (Lipinski definition) is 1. The molecule has 0 amide bonds. The van der Waals surface area contributed by atoms with Gasteiger partial charge in [0.25, 0.3) is 0 Å². The van der Waals surface area contributed by atoms with Crippen LogP contribution in [0.3, 0.4) is 0 Å². The lowest BCUT2D eigenvalue weighted by Gasteiger charge is -2.01. The fraction of sp³-hybridized carbons (Fsp3) is 0.0526. The molecule has 112 valence electrons. The minimum Gasteiger partial charge on any atom is -0.453 e. The summed E-state index contributed by atoms with van der Waals surface area (Å²) in [5.41, 5.74) is 3.13. The van der Waals surface area contributed by atoms with E-state index < -0.39 is 0 Å². The third kappa shape index (κ3) is 2.44. The number of fused-ring (bicyclic) bond motifs is 1. The maximum Gasteiger partial charge on any atom is 0.216 e. The zero-order valence-electron chi connectivity index (χ0n) is 12.5. The third-order valence-corrected chi connectivity index (χ3v) is 3.74. The van der Waals surface area contributed by atoms with E-state index in [9.17, 15) is 0 Å². The highest BCUT2D eigenvalue weighted by atomic mass is 16.3. The van der Waals surface area contributed by atoms with Crippen molar-refractivity contribution in [2.24, 2.45) is 0 Å². The molecule has 0 aliphatic heterocycles. The van der Waals surface area contributed by atoms with Crippen molar-refractivity contribution in [3.05, 3.63) is 73.1 Å². The Kier molecular flexibility index (Phi) is 3.27. The van der Waals surface area contributed by atoms with Gasteiger partial charge in [-0.05, 0) is 23.3 Å². The molecule has 2 heterocycles. The van der Waals surface area contributed by atoms with Crippen molar-refractivity contribution in [3.8, 4) is 22.7 Å². The Balaban J connectivity index is 1.83. The van der Waals surface area contributed by atoms with Gasteiger partial charge in [-0.3, -0.25) is 5.10 Å². The lowest BCUT2D eigenvalue weighted by Crippen LogP contribution is -1.82. The van der Waals surface area contributed by atoms with Gasteiger partial charge < -0.3 is 4.42 Å². The highest BCUT2D eigenvalue weighted by molar-refractivity contribution is 5.96. The summed E-state index contributed by atoms with van der Waals surface area (Å²) in [5, 5.41) is 8.19. The van der Waals surface area contributed by atoms with E-state index in [4.69, 9.17) is 4.42 Å². The second kappa shape index (κ2) is 5.57. The number of nitrogens with one attached hydrogen (secondary N) is 1. The Hall–Kier alpha value is -3.14. The van der Waals surface area contributed by atoms with E-state index in [1.54, 1.807) is 6.08 Å². The summed E-state index contributed by atoms with van der Waals surface area (Å²) < 4.78 is 5.94. The Morgan fingerprint density at radius 2 is 1.96 bits per heavy atom. The summed E-state index contributed by atoms with van der Waals surface area (Å²) in [6, 6.07) is 18.3. The van der Waals surface area contributed by atoms with Crippen molar-refractivity contribution in [1.82, 2.24) is 15.2 Å². The minimum atomic E-state index is 0.567. The zero-order chi connectivity index (χ0) is 15.6. The Morgan fingerprint density at radius 1 is 1.09 bits per heavy atom. The van der Waals surface area contributed by atoms with Crippen molar-refractivity contribution in [3.63, 3.8) is 0 Å². The summed E-state index contributed by atoms with van der Waals surface area (Å²) in [7, 11) is 0. The van der Waals surface area contributed by atoms with Gasteiger partial charge in [-0.15, -0.1) is 6.58 Å². The molecule has 0 atom stereocenters. The van der Waals surface area contributed by atoms with Crippen LogP contribution in [0, 0.1) is 0 Å². The topological polar surface area (TPSA) is 54.7 Å². The molecule has 23 heavy (non-hydrogen) atoms. The second-order valence-electron chi connectivity index (χ2n) is 5.29. The fourth-order valence-corrected chi connectivity index (χ4v) is 2.67. The number of hydrogen-bond acceptors (Lipinski definition) is 3. The van der Waals surface area contributed by atoms with Gasteiger partial charge in [0.05, 0.1) is 0 Å². The Labute approximate surface area is 133 Å². The predicted molar refractivity (Wildman–Crippen MR) is 90.9 cm³/mol. The number of benzene rings is 2. The summed E-state index contributed by atoms with van der Waals surface area (Å²) in [4.78, 5) is 4.44. The number of aromatic amines is 1. The molecule has 0 saturated carbocycles. The first-order chi connectivity index (χ1) is 11.3. The molecule has 0 fully saturated rings. The molecule has 0 radical (unpaired) electrons. The van der Waals surface area contributed by atoms with Gasteiger partial charge in [-0.25, -0.2) is 4.98 Å². The maximum atomic E-state index is 5.94. The summed E-state index contributed by atoms with van der Waals surface area (Å²) >= 11 is 0. The molecule has 0 unspecified atom stereocenters. The fourth-order valence-electron chi connectivity index (χ4n) is 2.67. The lowest BCUT2D eigenvalue weighted by molar-refractivity contribution is 0.625. The molecule has 0 bridgehead atoms. The maximum absolute atomic E-state index is 5.94.